The molecular weight excluding hydrogens is 537 g/mol. The van der Waals surface area contributed by atoms with Crippen LogP contribution in [0.15, 0.2) is 77.9 Å². The summed E-state index contributed by atoms with van der Waals surface area (Å²) in [5.74, 6) is -1.84. The predicted molar refractivity (Wildman–Crippen MR) is 148 cm³/mol. The largest absolute Gasteiger partial charge is 0.495 e. The summed E-state index contributed by atoms with van der Waals surface area (Å²) in [7, 11) is 2.78. The van der Waals surface area contributed by atoms with E-state index in [1.54, 1.807) is 36.5 Å². The molecule has 0 bridgehead atoms. The number of nitrogens with zero attached hydrogens (tertiary/aromatic N) is 3. The second-order valence-corrected chi connectivity index (χ2v) is 9.04. The quantitative estimate of drug-likeness (QED) is 0.330. The normalized spacial score (nSPS) is 11.3. The summed E-state index contributed by atoms with van der Waals surface area (Å²) in [6.07, 6.45) is 2.96. The Hall–Kier alpha value is -5.01. The second kappa shape index (κ2) is 12.2. The number of rotatable bonds is 8. The van der Waals surface area contributed by atoms with Gasteiger partial charge in [0.1, 0.15) is 17.6 Å². The molecule has 4 aromatic rings. The van der Waals surface area contributed by atoms with Crippen LogP contribution in [0.25, 0.3) is 11.1 Å². The number of carbonyl (C=O) groups excluding carboxylic acids is 2. The summed E-state index contributed by atoms with van der Waals surface area (Å²) >= 11 is 6.15. The number of hydrogen-bond acceptors (Lipinski definition) is 6. The van der Waals surface area contributed by atoms with Crippen LogP contribution in [0.3, 0.4) is 0 Å². The Morgan fingerprint density at radius 3 is 2.60 bits per heavy atom. The van der Waals surface area contributed by atoms with Crippen LogP contribution in [0.1, 0.15) is 27.7 Å². The summed E-state index contributed by atoms with van der Waals surface area (Å²) in [6.45, 7) is 0. The van der Waals surface area contributed by atoms with Gasteiger partial charge in [-0.05, 0) is 48.5 Å². The van der Waals surface area contributed by atoms with Crippen molar-refractivity contribution in [1.82, 2.24) is 14.9 Å². The maximum Gasteiger partial charge on any atom is 0.253 e. The lowest BCUT2D eigenvalue weighted by Gasteiger charge is -2.21. The van der Waals surface area contributed by atoms with E-state index in [2.05, 4.69) is 21.7 Å². The Morgan fingerprint density at radius 2 is 1.95 bits per heavy atom. The second-order valence-electron chi connectivity index (χ2n) is 8.61. The molecule has 0 aliphatic rings. The van der Waals surface area contributed by atoms with Gasteiger partial charge in [-0.25, -0.2) is 4.39 Å². The maximum absolute atomic E-state index is 14.5. The van der Waals surface area contributed by atoms with Crippen molar-refractivity contribution in [3.8, 4) is 22.9 Å². The lowest BCUT2D eigenvalue weighted by Crippen LogP contribution is -2.34. The molecule has 0 saturated carbocycles. The number of carbonyl (C=O) groups is 2. The van der Waals surface area contributed by atoms with Gasteiger partial charge in [-0.15, -0.1) is 0 Å². The first-order chi connectivity index (χ1) is 19.2. The summed E-state index contributed by atoms with van der Waals surface area (Å²) in [6, 6.07) is 15.7. The van der Waals surface area contributed by atoms with Crippen molar-refractivity contribution in [2.75, 3.05) is 19.5 Å². The monoisotopic (exact) mass is 559 g/mol. The average Bonchev–Trinajstić information content (AvgIpc) is 2.96. The molecule has 4 rings (SSSR count). The van der Waals surface area contributed by atoms with Gasteiger partial charge >= 0.3 is 0 Å². The molecule has 2 N–H and O–H groups in total. The van der Waals surface area contributed by atoms with Crippen molar-refractivity contribution in [1.29, 1.82) is 5.26 Å². The van der Waals surface area contributed by atoms with Crippen LogP contribution in [0.5, 0.6) is 5.75 Å². The molecule has 2 amide bonds. The highest BCUT2D eigenvalue weighted by atomic mass is 35.5. The standard InChI is InChI=1S/C29H23ClFN5O4/c1-33-28(38)21-9-8-20(12-24(21)31)35-29(39)25(13-19-5-3-4-10-34-19)36-16-26(40-2)23(14-27(36)37)22-11-18(30)7-6-17(22)15-32/h3-12,14,16,25H,13H2,1-2H3,(H,33,38)(H,35,39). The Balaban J connectivity index is 1.78. The Kier molecular flexibility index (Phi) is 8.57. The molecular formula is C29H23ClFN5O4. The van der Waals surface area contributed by atoms with Crippen molar-refractivity contribution in [3.63, 3.8) is 0 Å². The van der Waals surface area contributed by atoms with Gasteiger partial charge < -0.3 is 15.4 Å². The molecule has 0 saturated heterocycles. The molecule has 2 aromatic heterocycles. The van der Waals surface area contributed by atoms with Gasteiger partial charge in [0.25, 0.3) is 11.5 Å². The van der Waals surface area contributed by atoms with Crippen LogP contribution < -0.4 is 20.9 Å². The average molecular weight is 560 g/mol. The number of aromatic nitrogens is 2. The highest BCUT2D eigenvalue weighted by Gasteiger charge is 2.26. The molecule has 0 fully saturated rings. The fourth-order valence-corrected chi connectivity index (χ4v) is 4.33. The van der Waals surface area contributed by atoms with E-state index in [1.807, 2.05) is 0 Å². The maximum atomic E-state index is 14.5. The van der Waals surface area contributed by atoms with Crippen molar-refractivity contribution in [3.05, 3.63) is 111 Å². The minimum absolute atomic E-state index is 0.0223. The van der Waals surface area contributed by atoms with Gasteiger partial charge in [0.05, 0.1) is 30.5 Å². The molecule has 2 heterocycles. The van der Waals surface area contributed by atoms with E-state index in [0.717, 1.165) is 6.07 Å². The summed E-state index contributed by atoms with van der Waals surface area (Å²) in [4.78, 5) is 43.1. The number of amides is 2. The van der Waals surface area contributed by atoms with Gasteiger partial charge in [0.15, 0.2) is 0 Å². The third-order valence-electron chi connectivity index (χ3n) is 6.13. The van der Waals surface area contributed by atoms with E-state index in [1.165, 1.54) is 49.2 Å². The van der Waals surface area contributed by atoms with Gasteiger partial charge in [-0.3, -0.25) is 23.9 Å². The highest BCUT2D eigenvalue weighted by molar-refractivity contribution is 6.31. The number of benzene rings is 2. The van der Waals surface area contributed by atoms with Crippen molar-refractivity contribution in [2.24, 2.45) is 0 Å². The van der Waals surface area contributed by atoms with E-state index in [0.29, 0.717) is 21.8 Å². The van der Waals surface area contributed by atoms with E-state index >= 15 is 0 Å². The van der Waals surface area contributed by atoms with Gasteiger partial charge in [-0.2, -0.15) is 5.26 Å². The van der Waals surface area contributed by atoms with E-state index in [-0.39, 0.29) is 29.0 Å². The first-order valence-corrected chi connectivity index (χ1v) is 12.4. The molecule has 11 heteroatoms. The van der Waals surface area contributed by atoms with E-state index < -0.39 is 29.2 Å². The number of nitriles is 1. The number of nitrogens with one attached hydrogen (secondary N) is 2. The van der Waals surface area contributed by atoms with Gasteiger partial charge in [-0.1, -0.05) is 17.7 Å². The molecule has 0 aliphatic carbocycles. The van der Waals surface area contributed by atoms with Crippen LogP contribution in [-0.4, -0.2) is 35.5 Å². The zero-order chi connectivity index (χ0) is 28.8. The topological polar surface area (TPSA) is 126 Å². The number of pyridine rings is 2. The van der Waals surface area contributed by atoms with Crippen molar-refractivity contribution < 1.29 is 18.7 Å². The number of anilines is 1. The number of ether oxygens (including phenoxy) is 1. The summed E-state index contributed by atoms with van der Waals surface area (Å²) in [5.41, 5.74) is 0.887. The first-order valence-electron chi connectivity index (χ1n) is 12.0. The molecule has 0 radical (unpaired) electrons. The third kappa shape index (κ3) is 6.00. The van der Waals surface area contributed by atoms with Crippen molar-refractivity contribution >= 4 is 29.1 Å². The lowest BCUT2D eigenvalue weighted by molar-refractivity contribution is -0.119. The van der Waals surface area contributed by atoms with Crippen LogP contribution in [-0.2, 0) is 11.2 Å². The van der Waals surface area contributed by atoms with E-state index in [9.17, 15) is 24.0 Å². The lowest BCUT2D eigenvalue weighted by atomic mass is 10.00. The molecule has 0 spiro atoms. The summed E-state index contributed by atoms with van der Waals surface area (Å²) in [5, 5.41) is 14.9. The minimum atomic E-state index is -1.12. The SMILES string of the molecule is CNC(=O)c1ccc(NC(=O)C(Cc2ccccn2)n2cc(OC)c(-c3cc(Cl)ccc3C#N)cc2=O)cc1F. The molecule has 202 valence electrons. The Morgan fingerprint density at radius 1 is 1.15 bits per heavy atom. The molecule has 40 heavy (non-hydrogen) atoms. The van der Waals surface area contributed by atoms with Crippen LogP contribution in [0.4, 0.5) is 10.1 Å². The van der Waals surface area contributed by atoms with Crippen molar-refractivity contribution in [2.45, 2.75) is 12.5 Å². The first kappa shape index (κ1) is 28.0. The zero-order valence-corrected chi connectivity index (χ0v) is 22.2. The Bertz CT molecular complexity index is 1680. The fourth-order valence-electron chi connectivity index (χ4n) is 4.15. The molecule has 9 nitrogen and oxygen atoms in total. The number of hydrogen-bond donors (Lipinski definition) is 2. The smallest absolute Gasteiger partial charge is 0.253 e. The van der Waals surface area contributed by atoms with Gasteiger partial charge in [0.2, 0.25) is 5.91 Å². The highest BCUT2D eigenvalue weighted by Crippen LogP contribution is 2.33. The number of methoxy groups -OCH3 is 1. The molecule has 1 unspecified atom stereocenters. The van der Waals surface area contributed by atoms with Gasteiger partial charge in [0, 0.05) is 53.3 Å². The number of halogens is 2. The van der Waals surface area contributed by atoms with Crippen LogP contribution >= 0.6 is 11.6 Å². The zero-order valence-electron chi connectivity index (χ0n) is 21.4. The minimum Gasteiger partial charge on any atom is -0.495 e. The van der Waals surface area contributed by atoms with Crippen LogP contribution in [0.2, 0.25) is 5.02 Å². The molecule has 1 atom stereocenters. The third-order valence-corrected chi connectivity index (χ3v) is 6.37. The summed E-state index contributed by atoms with van der Waals surface area (Å²) < 4.78 is 21.3. The Labute approximate surface area is 233 Å². The van der Waals surface area contributed by atoms with E-state index in [4.69, 9.17) is 16.3 Å². The predicted octanol–water partition coefficient (Wildman–Crippen LogP) is 4.37. The molecule has 2 aromatic carbocycles. The van der Waals surface area contributed by atoms with Crippen LogP contribution in [0, 0.1) is 17.1 Å². The fraction of sp³-hybridized carbons (Fsp3) is 0.138. The molecule has 0 aliphatic heterocycles.